The second kappa shape index (κ2) is 5.78. The van der Waals surface area contributed by atoms with E-state index in [0.29, 0.717) is 11.6 Å². The highest BCUT2D eigenvalue weighted by Gasteiger charge is 2.21. The monoisotopic (exact) mass is 245 g/mol. The van der Waals surface area contributed by atoms with Gasteiger partial charge >= 0.3 is 0 Å². The third-order valence-corrected chi connectivity index (χ3v) is 3.28. The molecule has 0 unspecified atom stereocenters. The molecule has 1 saturated heterocycles. The van der Waals surface area contributed by atoms with E-state index in [2.05, 4.69) is 39.9 Å². The number of piperidine rings is 1. The van der Waals surface area contributed by atoms with Crippen LogP contribution in [0.2, 0.25) is 0 Å². The highest BCUT2D eigenvalue weighted by Crippen LogP contribution is 2.20. The van der Waals surface area contributed by atoms with Crippen molar-refractivity contribution in [3.05, 3.63) is 18.0 Å². The van der Waals surface area contributed by atoms with Crippen molar-refractivity contribution < 1.29 is 0 Å². The molecular weight excluding hydrogens is 226 g/mol. The largest absolute Gasteiger partial charge is 0.341 e. The molecule has 0 spiro atoms. The number of nitrogens with zero attached hydrogens (tertiary/aromatic N) is 5. The summed E-state index contributed by atoms with van der Waals surface area (Å²) in [6, 6.07) is 3.70. The molecule has 18 heavy (non-hydrogen) atoms. The molecule has 0 aromatic carbocycles. The fourth-order valence-electron chi connectivity index (χ4n) is 2.39. The molecule has 0 saturated carbocycles. The summed E-state index contributed by atoms with van der Waals surface area (Å²) in [4.78, 5) is 12.9. The van der Waals surface area contributed by atoms with Crippen LogP contribution in [0.15, 0.2) is 12.3 Å². The zero-order valence-electron chi connectivity index (χ0n) is 11.0. The van der Waals surface area contributed by atoms with Gasteiger partial charge in [0.15, 0.2) is 0 Å². The Morgan fingerprint density at radius 1 is 1.44 bits per heavy atom. The lowest BCUT2D eigenvalue weighted by Crippen LogP contribution is -2.38. The molecule has 0 aliphatic carbocycles. The van der Waals surface area contributed by atoms with Crippen LogP contribution in [-0.4, -0.2) is 48.6 Å². The number of rotatable bonds is 3. The first-order valence-electron chi connectivity index (χ1n) is 6.32. The summed E-state index contributed by atoms with van der Waals surface area (Å²) in [6.07, 6.45) is 3.99. The topological polar surface area (TPSA) is 56.0 Å². The lowest BCUT2D eigenvalue weighted by atomic mass is 9.97. The smallest absolute Gasteiger partial charge is 0.226 e. The van der Waals surface area contributed by atoms with Crippen LogP contribution in [-0.2, 0) is 0 Å². The van der Waals surface area contributed by atoms with Gasteiger partial charge in [0.1, 0.15) is 11.8 Å². The molecular formula is C13H19N5. The van der Waals surface area contributed by atoms with E-state index in [1.165, 1.54) is 12.8 Å². The van der Waals surface area contributed by atoms with Gasteiger partial charge in [0.25, 0.3) is 0 Å². The predicted molar refractivity (Wildman–Crippen MR) is 70.2 cm³/mol. The first-order valence-corrected chi connectivity index (χ1v) is 6.32. The first-order chi connectivity index (χ1) is 8.69. The molecule has 96 valence electrons. The van der Waals surface area contributed by atoms with E-state index in [-0.39, 0.29) is 0 Å². The fourth-order valence-corrected chi connectivity index (χ4v) is 2.39. The van der Waals surface area contributed by atoms with Crippen LogP contribution >= 0.6 is 0 Å². The Labute approximate surface area is 108 Å². The normalized spacial score (nSPS) is 16.9. The van der Waals surface area contributed by atoms with Gasteiger partial charge in [0.05, 0.1) is 0 Å². The maximum atomic E-state index is 8.84. The molecule has 2 heterocycles. The zero-order valence-corrected chi connectivity index (χ0v) is 11.0. The van der Waals surface area contributed by atoms with E-state index in [1.807, 2.05) is 0 Å². The summed E-state index contributed by atoms with van der Waals surface area (Å²) in [6.45, 7) is 3.10. The molecule has 2 rings (SSSR count). The third-order valence-electron chi connectivity index (χ3n) is 3.28. The van der Waals surface area contributed by atoms with Gasteiger partial charge in [-0.25, -0.2) is 9.97 Å². The number of hydrogen-bond donors (Lipinski definition) is 0. The SMILES string of the molecule is CN(C)CC1CCN(c2nccc(C#N)n2)CC1. The number of nitriles is 1. The van der Waals surface area contributed by atoms with Crippen molar-refractivity contribution in [1.82, 2.24) is 14.9 Å². The van der Waals surface area contributed by atoms with Crippen LogP contribution in [0.3, 0.4) is 0 Å². The summed E-state index contributed by atoms with van der Waals surface area (Å²) in [5, 5.41) is 8.84. The molecule has 1 aliphatic heterocycles. The van der Waals surface area contributed by atoms with Crippen molar-refractivity contribution in [3.63, 3.8) is 0 Å². The van der Waals surface area contributed by atoms with Gasteiger partial charge in [-0.3, -0.25) is 0 Å². The molecule has 1 aromatic heterocycles. The number of aromatic nitrogens is 2. The van der Waals surface area contributed by atoms with Gasteiger partial charge in [-0.2, -0.15) is 5.26 Å². The van der Waals surface area contributed by atoms with Crippen LogP contribution in [0.5, 0.6) is 0 Å². The fraction of sp³-hybridized carbons (Fsp3) is 0.615. The van der Waals surface area contributed by atoms with Crippen LogP contribution in [0.25, 0.3) is 0 Å². The summed E-state index contributed by atoms with van der Waals surface area (Å²) in [7, 11) is 4.23. The van der Waals surface area contributed by atoms with E-state index < -0.39 is 0 Å². The Hall–Kier alpha value is -1.67. The van der Waals surface area contributed by atoms with Gasteiger partial charge < -0.3 is 9.80 Å². The van der Waals surface area contributed by atoms with Crippen molar-refractivity contribution in [2.24, 2.45) is 5.92 Å². The lowest BCUT2D eigenvalue weighted by molar-refractivity contribution is 0.284. The summed E-state index contributed by atoms with van der Waals surface area (Å²) in [5.74, 6) is 1.45. The maximum absolute atomic E-state index is 8.84. The Kier molecular flexibility index (Phi) is 4.11. The average molecular weight is 245 g/mol. The highest BCUT2D eigenvalue weighted by molar-refractivity contribution is 5.34. The van der Waals surface area contributed by atoms with E-state index in [1.54, 1.807) is 12.3 Å². The lowest BCUT2D eigenvalue weighted by Gasteiger charge is -2.33. The Morgan fingerprint density at radius 2 is 2.17 bits per heavy atom. The van der Waals surface area contributed by atoms with E-state index in [9.17, 15) is 0 Å². The minimum Gasteiger partial charge on any atom is -0.341 e. The molecule has 5 heteroatoms. The van der Waals surface area contributed by atoms with Gasteiger partial charge in [0.2, 0.25) is 5.95 Å². The molecule has 0 radical (unpaired) electrons. The van der Waals surface area contributed by atoms with Crippen LogP contribution in [0.4, 0.5) is 5.95 Å². The molecule has 0 atom stereocenters. The predicted octanol–water partition coefficient (Wildman–Crippen LogP) is 1.13. The van der Waals surface area contributed by atoms with Crippen LogP contribution in [0.1, 0.15) is 18.5 Å². The summed E-state index contributed by atoms with van der Waals surface area (Å²) >= 11 is 0. The maximum Gasteiger partial charge on any atom is 0.226 e. The van der Waals surface area contributed by atoms with Gasteiger partial charge in [-0.05, 0) is 38.9 Å². The van der Waals surface area contributed by atoms with E-state index >= 15 is 0 Å². The molecule has 0 bridgehead atoms. The molecule has 1 fully saturated rings. The van der Waals surface area contributed by atoms with Crippen molar-refractivity contribution in [3.8, 4) is 6.07 Å². The van der Waals surface area contributed by atoms with E-state index in [0.717, 1.165) is 25.6 Å². The first kappa shape index (κ1) is 12.8. The second-order valence-electron chi connectivity index (χ2n) is 5.05. The van der Waals surface area contributed by atoms with Gasteiger partial charge in [-0.1, -0.05) is 0 Å². The Bertz CT molecular complexity index is 429. The molecule has 1 aromatic rings. The standard InChI is InChI=1S/C13H19N5/c1-17(2)10-11-4-7-18(8-5-11)13-15-6-3-12(9-14)16-13/h3,6,11H,4-5,7-8,10H2,1-2H3. The van der Waals surface area contributed by atoms with Gasteiger partial charge in [0, 0.05) is 25.8 Å². The third kappa shape index (κ3) is 3.17. The quantitative estimate of drug-likeness (QED) is 0.799. The number of hydrogen-bond acceptors (Lipinski definition) is 5. The average Bonchev–Trinajstić information content (AvgIpc) is 2.39. The van der Waals surface area contributed by atoms with Crippen LogP contribution < -0.4 is 4.90 Å². The minimum atomic E-state index is 0.440. The molecule has 0 amide bonds. The van der Waals surface area contributed by atoms with Crippen molar-refractivity contribution in [2.45, 2.75) is 12.8 Å². The van der Waals surface area contributed by atoms with Crippen molar-refractivity contribution >= 4 is 5.95 Å². The Balaban J connectivity index is 1.95. The molecule has 5 nitrogen and oxygen atoms in total. The van der Waals surface area contributed by atoms with Crippen molar-refractivity contribution in [2.75, 3.05) is 38.6 Å². The van der Waals surface area contributed by atoms with Crippen LogP contribution in [0, 0.1) is 17.2 Å². The molecule has 0 N–H and O–H groups in total. The minimum absolute atomic E-state index is 0.440. The highest BCUT2D eigenvalue weighted by atomic mass is 15.3. The van der Waals surface area contributed by atoms with Gasteiger partial charge in [-0.15, -0.1) is 0 Å². The van der Waals surface area contributed by atoms with Crippen molar-refractivity contribution in [1.29, 1.82) is 5.26 Å². The van der Waals surface area contributed by atoms with E-state index in [4.69, 9.17) is 5.26 Å². The number of anilines is 1. The Morgan fingerprint density at radius 3 is 2.78 bits per heavy atom. The summed E-state index contributed by atoms with van der Waals surface area (Å²) < 4.78 is 0. The second-order valence-corrected chi connectivity index (χ2v) is 5.05. The molecule has 1 aliphatic rings. The zero-order chi connectivity index (χ0) is 13.0. The summed E-state index contributed by atoms with van der Waals surface area (Å²) in [5.41, 5.74) is 0.440.